The van der Waals surface area contributed by atoms with Gasteiger partial charge in [-0.2, -0.15) is 0 Å². The van der Waals surface area contributed by atoms with Crippen molar-refractivity contribution in [2.45, 2.75) is 0 Å². The number of hydrogen-bond acceptors (Lipinski definition) is 5. The molecule has 0 bridgehead atoms. The maximum Gasteiger partial charge on any atom is 0.185 e. The number of ketones is 1. The highest BCUT2D eigenvalue weighted by atomic mass is 16.1. The first kappa shape index (κ1) is 24.7. The largest absolute Gasteiger partial charge is 0.384 e. The average Bonchev–Trinajstić information content (AvgIpc) is 2.88. The minimum absolute atomic E-state index is 0.00991. The number of likely N-dealkylation sites (N-methyl/N-ethyl adjacent to an activating group) is 2. The van der Waals surface area contributed by atoms with Gasteiger partial charge in [0.25, 0.3) is 0 Å². The van der Waals surface area contributed by atoms with Gasteiger partial charge in [0.2, 0.25) is 0 Å². The number of rotatable bonds is 9. The fraction of sp³-hybridized carbons (Fsp3) is 0.300. The Bertz CT molecular complexity index is 1150. The van der Waals surface area contributed by atoms with Crippen LogP contribution in [0.4, 0.5) is 11.4 Å². The summed E-state index contributed by atoms with van der Waals surface area (Å²) >= 11 is 0. The van der Waals surface area contributed by atoms with E-state index in [0.717, 1.165) is 56.1 Å². The molecule has 0 spiro atoms. The fourth-order valence-corrected chi connectivity index (χ4v) is 4.30. The second kappa shape index (κ2) is 11.8. The summed E-state index contributed by atoms with van der Waals surface area (Å²) < 4.78 is 0. The lowest BCUT2D eigenvalue weighted by atomic mass is 10.00. The number of anilines is 2. The summed E-state index contributed by atoms with van der Waals surface area (Å²) in [5.41, 5.74) is 6.25. The number of benzene rings is 3. The van der Waals surface area contributed by atoms with Gasteiger partial charge in [-0.15, -0.1) is 0 Å². The lowest BCUT2D eigenvalue weighted by Crippen LogP contribution is -2.44. The molecule has 3 aromatic rings. The second-order valence-corrected chi connectivity index (χ2v) is 9.44. The Hall–Kier alpha value is -3.41. The molecule has 0 radical (unpaired) electrons. The van der Waals surface area contributed by atoms with E-state index < -0.39 is 0 Å². The molecule has 0 saturated carbocycles. The van der Waals surface area contributed by atoms with Crippen LogP contribution in [0.5, 0.6) is 0 Å². The number of carbonyl (C=O) groups is 1. The van der Waals surface area contributed by atoms with Crippen molar-refractivity contribution in [3.8, 4) is 11.1 Å². The van der Waals surface area contributed by atoms with E-state index >= 15 is 0 Å². The Morgan fingerprint density at radius 3 is 2.43 bits per heavy atom. The molecule has 0 aliphatic carbocycles. The van der Waals surface area contributed by atoms with Crippen molar-refractivity contribution in [3.05, 3.63) is 90.0 Å². The third kappa shape index (κ3) is 6.81. The van der Waals surface area contributed by atoms with Crippen LogP contribution in [0.25, 0.3) is 17.2 Å². The van der Waals surface area contributed by atoms with Gasteiger partial charge in [-0.1, -0.05) is 48.5 Å². The zero-order valence-corrected chi connectivity index (χ0v) is 21.1. The van der Waals surface area contributed by atoms with Gasteiger partial charge in [0.05, 0.1) is 0 Å². The number of carbonyl (C=O) groups excluding carboxylic acids is 1. The summed E-state index contributed by atoms with van der Waals surface area (Å²) in [5, 5.41) is 3.40. The van der Waals surface area contributed by atoms with Gasteiger partial charge in [0.1, 0.15) is 0 Å². The first-order valence-corrected chi connectivity index (χ1v) is 12.3. The van der Waals surface area contributed by atoms with Crippen molar-refractivity contribution in [1.82, 2.24) is 9.80 Å². The predicted molar refractivity (Wildman–Crippen MR) is 148 cm³/mol. The molecule has 1 heterocycles. The highest BCUT2D eigenvalue weighted by molar-refractivity contribution is 6.07. The Balaban J connectivity index is 1.57. The van der Waals surface area contributed by atoms with Gasteiger partial charge in [-0.3, -0.25) is 4.79 Å². The normalized spacial score (nSPS) is 14.6. The Morgan fingerprint density at radius 1 is 0.914 bits per heavy atom. The van der Waals surface area contributed by atoms with Gasteiger partial charge >= 0.3 is 0 Å². The minimum Gasteiger partial charge on any atom is -0.384 e. The average molecular weight is 469 g/mol. The monoisotopic (exact) mass is 468 g/mol. The Morgan fingerprint density at radius 2 is 1.69 bits per heavy atom. The highest BCUT2D eigenvalue weighted by Crippen LogP contribution is 2.29. The second-order valence-electron chi connectivity index (χ2n) is 9.44. The van der Waals surface area contributed by atoms with E-state index in [1.54, 1.807) is 6.08 Å². The lowest BCUT2D eigenvalue weighted by molar-refractivity contribution is 0.104. The molecule has 0 unspecified atom stereocenters. The van der Waals surface area contributed by atoms with Crippen molar-refractivity contribution in [1.29, 1.82) is 0 Å². The van der Waals surface area contributed by atoms with Gasteiger partial charge in [0, 0.05) is 56.2 Å². The molecule has 1 aliphatic heterocycles. The van der Waals surface area contributed by atoms with E-state index in [-0.39, 0.29) is 5.78 Å². The SMILES string of the molecule is CN(C)CCNc1cccc(C(=O)/C=C/c2cc(-c3ccccc3)ccc2N2CCN(C)CC2)c1. The van der Waals surface area contributed by atoms with Crippen LogP contribution in [-0.2, 0) is 0 Å². The molecule has 1 fully saturated rings. The number of allylic oxidation sites excluding steroid dienone is 1. The molecule has 1 aliphatic rings. The highest BCUT2D eigenvalue weighted by Gasteiger charge is 2.17. The molecular formula is C30H36N4O. The molecule has 3 aromatic carbocycles. The number of nitrogens with zero attached hydrogens (tertiary/aromatic N) is 3. The third-order valence-corrected chi connectivity index (χ3v) is 6.43. The summed E-state index contributed by atoms with van der Waals surface area (Å²) in [4.78, 5) is 20.0. The van der Waals surface area contributed by atoms with Gasteiger partial charge in [-0.05, 0) is 74.3 Å². The van der Waals surface area contributed by atoms with Crippen molar-refractivity contribution >= 4 is 23.2 Å². The maximum absolute atomic E-state index is 13.1. The summed E-state index contributed by atoms with van der Waals surface area (Å²) in [5.74, 6) is 0.00991. The van der Waals surface area contributed by atoms with Crippen LogP contribution < -0.4 is 10.2 Å². The van der Waals surface area contributed by atoms with Gasteiger partial charge < -0.3 is 20.0 Å². The third-order valence-electron chi connectivity index (χ3n) is 6.43. The molecule has 0 aromatic heterocycles. The number of piperazine rings is 1. The summed E-state index contributed by atoms with van der Waals surface area (Å²) in [6, 6.07) is 24.7. The summed E-state index contributed by atoms with van der Waals surface area (Å²) in [6.45, 7) is 5.81. The quantitative estimate of drug-likeness (QED) is 0.354. The smallest absolute Gasteiger partial charge is 0.185 e. The van der Waals surface area contributed by atoms with E-state index in [2.05, 4.69) is 83.6 Å². The topological polar surface area (TPSA) is 38.8 Å². The van der Waals surface area contributed by atoms with E-state index in [0.29, 0.717) is 5.56 Å². The molecule has 35 heavy (non-hydrogen) atoms. The first-order chi connectivity index (χ1) is 17.0. The Kier molecular flexibility index (Phi) is 8.35. The van der Waals surface area contributed by atoms with Crippen molar-refractivity contribution in [3.63, 3.8) is 0 Å². The molecule has 0 amide bonds. The van der Waals surface area contributed by atoms with Crippen molar-refractivity contribution in [2.24, 2.45) is 0 Å². The number of nitrogens with one attached hydrogen (secondary N) is 1. The molecule has 182 valence electrons. The van der Waals surface area contributed by atoms with Crippen LogP contribution in [0, 0.1) is 0 Å². The molecule has 5 heteroatoms. The van der Waals surface area contributed by atoms with Crippen molar-refractivity contribution < 1.29 is 4.79 Å². The standard InChI is InChI=1S/C30H36N4O/c1-32(2)17-16-31-28-11-7-10-27(23-28)30(35)15-13-26-22-25(24-8-5-4-6-9-24)12-14-29(26)34-20-18-33(3)19-21-34/h4-15,22-23,31H,16-21H2,1-3H3/b15-13+. The molecule has 1 N–H and O–H groups in total. The zero-order chi connectivity index (χ0) is 24.6. The van der Waals surface area contributed by atoms with Crippen LogP contribution in [0.3, 0.4) is 0 Å². The van der Waals surface area contributed by atoms with Crippen LogP contribution in [0.15, 0.2) is 78.9 Å². The summed E-state index contributed by atoms with van der Waals surface area (Å²) in [7, 11) is 6.27. The van der Waals surface area contributed by atoms with Crippen LogP contribution in [0.1, 0.15) is 15.9 Å². The molecule has 1 saturated heterocycles. The van der Waals surface area contributed by atoms with E-state index in [4.69, 9.17) is 0 Å². The van der Waals surface area contributed by atoms with E-state index in [1.807, 2.05) is 36.4 Å². The van der Waals surface area contributed by atoms with Crippen molar-refractivity contribution in [2.75, 3.05) is 70.6 Å². The molecule has 4 rings (SSSR count). The van der Waals surface area contributed by atoms with E-state index in [9.17, 15) is 4.79 Å². The minimum atomic E-state index is 0.00991. The first-order valence-electron chi connectivity index (χ1n) is 12.3. The lowest BCUT2D eigenvalue weighted by Gasteiger charge is -2.35. The fourth-order valence-electron chi connectivity index (χ4n) is 4.30. The molecular weight excluding hydrogens is 432 g/mol. The molecule has 0 atom stereocenters. The number of hydrogen-bond donors (Lipinski definition) is 1. The summed E-state index contributed by atoms with van der Waals surface area (Å²) in [6.07, 6.45) is 3.69. The maximum atomic E-state index is 13.1. The Labute approximate surface area is 209 Å². The zero-order valence-electron chi connectivity index (χ0n) is 21.1. The van der Waals surface area contributed by atoms with Crippen LogP contribution in [-0.4, -0.2) is 76.0 Å². The van der Waals surface area contributed by atoms with Crippen LogP contribution >= 0.6 is 0 Å². The molecule has 5 nitrogen and oxygen atoms in total. The van der Waals surface area contributed by atoms with Gasteiger partial charge in [0.15, 0.2) is 5.78 Å². The van der Waals surface area contributed by atoms with Gasteiger partial charge in [-0.25, -0.2) is 0 Å². The van der Waals surface area contributed by atoms with Crippen LogP contribution in [0.2, 0.25) is 0 Å². The van der Waals surface area contributed by atoms with E-state index in [1.165, 1.54) is 11.3 Å². The predicted octanol–water partition coefficient (Wildman–Crippen LogP) is 4.98.